The molecular weight excluding hydrogens is 350 g/mol. The number of para-hydroxylation sites is 1. The lowest BCUT2D eigenvalue weighted by Gasteiger charge is -2.11. The van der Waals surface area contributed by atoms with E-state index in [1.807, 2.05) is 18.2 Å². The molecule has 1 N–H and O–H groups in total. The second-order valence-corrected chi connectivity index (χ2v) is 6.27. The summed E-state index contributed by atoms with van der Waals surface area (Å²) in [5, 5.41) is 10.3. The standard InChI is InChI=1S/C17H17BrClNO/c1-3-11(2)14-6-4-5-7-16(14)20-10-12-8-13(18)9-15(19)17(12)21/h4-11,21H,3H2,1-2H3/t11-/m1/s1. The number of nitrogens with zero attached hydrogens (tertiary/aromatic N) is 1. The maximum atomic E-state index is 9.98. The van der Waals surface area contributed by atoms with Gasteiger partial charge in [0.25, 0.3) is 0 Å². The van der Waals surface area contributed by atoms with E-state index in [0.29, 0.717) is 16.5 Å². The monoisotopic (exact) mass is 365 g/mol. The maximum absolute atomic E-state index is 9.98. The highest BCUT2D eigenvalue weighted by molar-refractivity contribution is 9.10. The van der Waals surface area contributed by atoms with E-state index < -0.39 is 0 Å². The quantitative estimate of drug-likeness (QED) is 0.654. The van der Waals surface area contributed by atoms with Crippen molar-refractivity contribution < 1.29 is 5.11 Å². The van der Waals surface area contributed by atoms with Gasteiger partial charge in [-0.05, 0) is 36.1 Å². The summed E-state index contributed by atoms with van der Waals surface area (Å²) < 4.78 is 0.807. The largest absolute Gasteiger partial charge is 0.506 e. The van der Waals surface area contributed by atoms with Crippen molar-refractivity contribution in [2.75, 3.05) is 0 Å². The Hall–Kier alpha value is -1.32. The van der Waals surface area contributed by atoms with E-state index >= 15 is 0 Å². The Morgan fingerprint density at radius 1 is 1.33 bits per heavy atom. The van der Waals surface area contributed by atoms with Crippen LogP contribution in [-0.4, -0.2) is 11.3 Å². The summed E-state index contributed by atoms with van der Waals surface area (Å²) in [5.74, 6) is 0.489. The number of halogens is 2. The van der Waals surface area contributed by atoms with Gasteiger partial charge in [0.15, 0.2) is 0 Å². The van der Waals surface area contributed by atoms with Crippen LogP contribution in [0.15, 0.2) is 45.9 Å². The van der Waals surface area contributed by atoms with Crippen molar-refractivity contribution in [3.8, 4) is 5.75 Å². The zero-order valence-corrected chi connectivity index (χ0v) is 14.3. The minimum Gasteiger partial charge on any atom is -0.506 e. The van der Waals surface area contributed by atoms with Gasteiger partial charge < -0.3 is 5.11 Å². The van der Waals surface area contributed by atoms with Crippen LogP contribution in [0.25, 0.3) is 0 Å². The number of phenolic OH excluding ortho intramolecular Hbond substituents is 1. The maximum Gasteiger partial charge on any atom is 0.143 e. The topological polar surface area (TPSA) is 32.6 Å². The fourth-order valence-electron chi connectivity index (χ4n) is 2.07. The van der Waals surface area contributed by atoms with Gasteiger partial charge >= 0.3 is 0 Å². The molecule has 0 unspecified atom stereocenters. The van der Waals surface area contributed by atoms with Gasteiger partial charge in [-0.1, -0.05) is 59.6 Å². The number of hydrogen-bond acceptors (Lipinski definition) is 2. The molecule has 0 spiro atoms. The van der Waals surface area contributed by atoms with Crippen LogP contribution in [0.1, 0.15) is 37.3 Å². The van der Waals surface area contributed by atoms with Gasteiger partial charge in [0.05, 0.1) is 10.7 Å². The predicted octanol–water partition coefficient (Wildman–Crippen LogP) is 6.07. The highest BCUT2D eigenvalue weighted by Gasteiger charge is 2.09. The molecule has 1 atom stereocenters. The summed E-state index contributed by atoms with van der Waals surface area (Å²) in [5.41, 5.74) is 2.72. The van der Waals surface area contributed by atoms with Crippen molar-refractivity contribution in [3.05, 3.63) is 57.0 Å². The molecule has 0 aromatic heterocycles. The van der Waals surface area contributed by atoms with Crippen LogP contribution in [0, 0.1) is 0 Å². The Morgan fingerprint density at radius 3 is 2.76 bits per heavy atom. The van der Waals surface area contributed by atoms with Gasteiger partial charge in [-0.3, -0.25) is 4.99 Å². The van der Waals surface area contributed by atoms with Crippen LogP contribution in [0.2, 0.25) is 5.02 Å². The van der Waals surface area contributed by atoms with Crippen molar-refractivity contribution in [2.45, 2.75) is 26.2 Å². The zero-order valence-electron chi connectivity index (χ0n) is 12.0. The lowest BCUT2D eigenvalue weighted by Crippen LogP contribution is -1.92. The number of rotatable bonds is 4. The molecule has 2 aromatic rings. The molecule has 0 heterocycles. The fourth-order valence-corrected chi connectivity index (χ4v) is 2.90. The second-order valence-electron chi connectivity index (χ2n) is 4.95. The lowest BCUT2D eigenvalue weighted by molar-refractivity contribution is 0.474. The number of benzene rings is 2. The van der Waals surface area contributed by atoms with E-state index in [4.69, 9.17) is 11.6 Å². The normalized spacial score (nSPS) is 12.8. The Balaban J connectivity index is 2.39. The molecule has 0 fully saturated rings. The van der Waals surface area contributed by atoms with Gasteiger partial charge in [-0.25, -0.2) is 0 Å². The van der Waals surface area contributed by atoms with E-state index in [-0.39, 0.29) is 5.75 Å². The average molecular weight is 367 g/mol. The van der Waals surface area contributed by atoms with E-state index in [1.165, 1.54) is 5.56 Å². The molecule has 0 radical (unpaired) electrons. The molecule has 2 nitrogen and oxygen atoms in total. The molecule has 0 aliphatic carbocycles. The summed E-state index contributed by atoms with van der Waals surface area (Å²) in [6.45, 7) is 4.34. The predicted molar refractivity (Wildman–Crippen MR) is 93.2 cm³/mol. The summed E-state index contributed by atoms with van der Waals surface area (Å²) >= 11 is 9.33. The molecule has 21 heavy (non-hydrogen) atoms. The van der Waals surface area contributed by atoms with E-state index in [0.717, 1.165) is 16.6 Å². The molecule has 0 saturated carbocycles. The number of hydrogen-bond donors (Lipinski definition) is 1. The van der Waals surface area contributed by atoms with E-state index in [2.05, 4.69) is 40.8 Å². The highest BCUT2D eigenvalue weighted by atomic mass is 79.9. The first kappa shape index (κ1) is 16.1. The van der Waals surface area contributed by atoms with Gasteiger partial charge in [0.2, 0.25) is 0 Å². The Labute approximate surface area is 138 Å². The van der Waals surface area contributed by atoms with Gasteiger partial charge in [-0.15, -0.1) is 0 Å². The van der Waals surface area contributed by atoms with Crippen LogP contribution in [0.4, 0.5) is 5.69 Å². The lowest BCUT2D eigenvalue weighted by atomic mass is 9.97. The third-order valence-corrected chi connectivity index (χ3v) is 4.23. The smallest absolute Gasteiger partial charge is 0.143 e. The molecule has 2 aromatic carbocycles. The van der Waals surface area contributed by atoms with Crippen molar-refractivity contribution in [1.29, 1.82) is 0 Å². The van der Waals surface area contributed by atoms with Crippen molar-refractivity contribution in [3.63, 3.8) is 0 Å². The van der Waals surface area contributed by atoms with Crippen molar-refractivity contribution >= 4 is 39.4 Å². The van der Waals surface area contributed by atoms with Crippen LogP contribution in [0.5, 0.6) is 5.75 Å². The van der Waals surface area contributed by atoms with Crippen molar-refractivity contribution in [1.82, 2.24) is 0 Å². The first-order valence-electron chi connectivity index (χ1n) is 6.84. The van der Waals surface area contributed by atoms with E-state index in [9.17, 15) is 5.11 Å². The summed E-state index contributed by atoms with van der Waals surface area (Å²) in [6, 6.07) is 11.5. The highest BCUT2D eigenvalue weighted by Crippen LogP contribution is 2.32. The van der Waals surface area contributed by atoms with Gasteiger partial charge in [-0.2, -0.15) is 0 Å². The molecule has 0 amide bonds. The molecule has 0 bridgehead atoms. The summed E-state index contributed by atoms with van der Waals surface area (Å²) in [6.07, 6.45) is 2.70. The van der Waals surface area contributed by atoms with Crippen LogP contribution < -0.4 is 0 Å². The number of aliphatic imine (C=N–C) groups is 1. The third kappa shape index (κ3) is 3.86. The first-order chi connectivity index (χ1) is 10.0. The zero-order chi connectivity index (χ0) is 15.4. The SMILES string of the molecule is CC[C@@H](C)c1ccccc1N=Cc1cc(Br)cc(Cl)c1O. The average Bonchev–Trinajstić information content (AvgIpc) is 2.49. The van der Waals surface area contributed by atoms with Gasteiger partial charge in [0, 0.05) is 16.3 Å². The van der Waals surface area contributed by atoms with Gasteiger partial charge in [0.1, 0.15) is 5.75 Å². The molecule has 0 aliphatic rings. The summed E-state index contributed by atoms with van der Waals surface area (Å²) in [7, 11) is 0. The van der Waals surface area contributed by atoms with Crippen LogP contribution in [-0.2, 0) is 0 Å². The van der Waals surface area contributed by atoms with Crippen LogP contribution in [0.3, 0.4) is 0 Å². The Kier molecular flexibility index (Phi) is 5.43. The number of phenols is 1. The van der Waals surface area contributed by atoms with Crippen LogP contribution >= 0.6 is 27.5 Å². The molecule has 2 rings (SSSR count). The minimum atomic E-state index is 0.0460. The van der Waals surface area contributed by atoms with Crippen molar-refractivity contribution in [2.24, 2.45) is 4.99 Å². The molecule has 4 heteroatoms. The molecular formula is C17H17BrClNO. The Bertz CT molecular complexity index is 670. The second kappa shape index (κ2) is 7.10. The van der Waals surface area contributed by atoms with E-state index in [1.54, 1.807) is 18.3 Å². The minimum absolute atomic E-state index is 0.0460. The molecule has 110 valence electrons. The molecule has 0 saturated heterocycles. The summed E-state index contributed by atoms with van der Waals surface area (Å²) in [4.78, 5) is 4.52. The fraction of sp³-hybridized carbons (Fsp3) is 0.235. The first-order valence-corrected chi connectivity index (χ1v) is 8.01. The molecule has 0 aliphatic heterocycles. The Morgan fingerprint density at radius 2 is 2.05 bits per heavy atom. The number of aromatic hydroxyl groups is 1. The third-order valence-electron chi connectivity index (χ3n) is 3.48.